The summed E-state index contributed by atoms with van der Waals surface area (Å²) in [6.45, 7) is 3.31. The lowest BCUT2D eigenvalue weighted by Crippen LogP contribution is -2.38. The predicted molar refractivity (Wildman–Crippen MR) is 125 cm³/mol. The van der Waals surface area contributed by atoms with Crippen LogP contribution in [0.15, 0.2) is 61.1 Å². The van der Waals surface area contributed by atoms with Gasteiger partial charge in [-0.3, -0.25) is 9.36 Å². The van der Waals surface area contributed by atoms with E-state index in [1.165, 1.54) is 6.07 Å². The van der Waals surface area contributed by atoms with Crippen LogP contribution in [-0.2, 0) is 4.74 Å². The second-order valence-electron chi connectivity index (χ2n) is 8.42. The highest BCUT2D eigenvalue weighted by atomic mass is 19.1. The van der Waals surface area contributed by atoms with Crippen LogP contribution in [0.5, 0.6) is 0 Å². The molecule has 6 nitrogen and oxygen atoms in total. The monoisotopic (exact) mass is 444 g/mol. The molecule has 1 unspecified atom stereocenters. The maximum absolute atomic E-state index is 14.1. The highest BCUT2D eigenvalue weighted by Gasteiger charge is 2.29. The van der Waals surface area contributed by atoms with Gasteiger partial charge in [-0.15, -0.1) is 0 Å². The molecule has 0 spiro atoms. The molecule has 1 fully saturated rings. The standard InChI is InChI=1S/C26H25FN4O2/c1-17-15-31(26-28-13-19(14-29-26)22-7-3-4-8-23(22)27)24-12-18(9-10-21(17)24)25(32)30-11-5-6-20(30)16-33-2/h3-4,7-10,12-15,20H,5-6,11,16H2,1-2H3. The molecule has 0 radical (unpaired) electrons. The molecule has 168 valence electrons. The normalized spacial score (nSPS) is 16.0. The van der Waals surface area contributed by atoms with E-state index in [1.54, 1.807) is 37.7 Å². The lowest BCUT2D eigenvalue weighted by molar-refractivity contribution is 0.0631. The van der Waals surface area contributed by atoms with E-state index in [-0.39, 0.29) is 17.8 Å². The average molecular weight is 445 g/mol. The van der Waals surface area contributed by atoms with Crippen molar-refractivity contribution in [2.45, 2.75) is 25.8 Å². The number of benzene rings is 2. The third-order valence-corrected chi connectivity index (χ3v) is 6.29. The summed E-state index contributed by atoms with van der Waals surface area (Å²) in [6.07, 6.45) is 7.15. The van der Waals surface area contributed by atoms with Crippen LogP contribution >= 0.6 is 0 Å². The summed E-state index contributed by atoms with van der Waals surface area (Å²) in [5.74, 6) is 0.168. The molecule has 1 saturated heterocycles. The number of hydrogen-bond acceptors (Lipinski definition) is 4. The number of carbonyl (C=O) groups excluding carboxylic acids is 1. The summed E-state index contributed by atoms with van der Waals surface area (Å²) < 4.78 is 21.3. The maximum Gasteiger partial charge on any atom is 0.254 e. The first kappa shape index (κ1) is 21.3. The molecule has 7 heteroatoms. The molecule has 2 aromatic carbocycles. The summed E-state index contributed by atoms with van der Waals surface area (Å²) in [5.41, 5.74) is 3.62. The SMILES string of the molecule is COCC1CCCN1C(=O)c1ccc2c(C)cn(-c3ncc(-c4ccccc4F)cn3)c2c1. The summed E-state index contributed by atoms with van der Waals surface area (Å²) >= 11 is 0. The van der Waals surface area contributed by atoms with Crippen LogP contribution in [0.2, 0.25) is 0 Å². The number of rotatable bonds is 5. The minimum absolute atomic E-state index is 0.0117. The Hall–Kier alpha value is -3.58. The summed E-state index contributed by atoms with van der Waals surface area (Å²) in [5, 5.41) is 1.03. The highest BCUT2D eigenvalue weighted by molar-refractivity contribution is 5.99. The van der Waals surface area contributed by atoms with Crippen LogP contribution in [0, 0.1) is 12.7 Å². The van der Waals surface area contributed by atoms with Crippen molar-refractivity contribution in [2.24, 2.45) is 0 Å². The second kappa shape index (κ2) is 8.75. The van der Waals surface area contributed by atoms with Crippen molar-refractivity contribution < 1.29 is 13.9 Å². The second-order valence-corrected chi connectivity index (χ2v) is 8.42. The number of aromatic nitrogens is 3. The first-order chi connectivity index (χ1) is 16.1. The topological polar surface area (TPSA) is 60.2 Å². The van der Waals surface area contributed by atoms with Crippen LogP contribution in [0.25, 0.3) is 28.0 Å². The third kappa shape index (κ3) is 3.89. The van der Waals surface area contributed by atoms with Crippen LogP contribution in [0.4, 0.5) is 4.39 Å². The number of fused-ring (bicyclic) bond motifs is 1. The first-order valence-corrected chi connectivity index (χ1v) is 11.1. The Labute approximate surface area is 191 Å². The summed E-state index contributed by atoms with van der Waals surface area (Å²) in [6, 6.07) is 12.4. The zero-order valence-electron chi connectivity index (χ0n) is 18.7. The van der Waals surface area contributed by atoms with Gasteiger partial charge in [0.2, 0.25) is 5.95 Å². The molecule has 1 atom stereocenters. The predicted octanol–water partition coefficient (Wildman–Crippen LogP) is 4.79. The van der Waals surface area contributed by atoms with E-state index in [0.717, 1.165) is 35.9 Å². The fourth-order valence-electron chi connectivity index (χ4n) is 4.61. The van der Waals surface area contributed by atoms with Gasteiger partial charge in [-0.2, -0.15) is 0 Å². The van der Waals surface area contributed by atoms with Gasteiger partial charge in [0.05, 0.1) is 18.2 Å². The van der Waals surface area contributed by atoms with Gasteiger partial charge in [-0.1, -0.05) is 24.3 Å². The van der Waals surface area contributed by atoms with E-state index in [0.29, 0.717) is 29.2 Å². The number of amides is 1. The van der Waals surface area contributed by atoms with Crippen molar-refractivity contribution in [3.63, 3.8) is 0 Å². The molecule has 0 saturated carbocycles. The molecule has 0 N–H and O–H groups in total. The number of methoxy groups -OCH3 is 1. The lowest BCUT2D eigenvalue weighted by Gasteiger charge is -2.24. The van der Waals surface area contributed by atoms with Gasteiger partial charge in [0.1, 0.15) is 5.82 Å². The number of carbonyl (C=O) groups is 1. The molecule has 1 aliphatic rings. The Kier molecular flexibility index (Phi) is 5.64. The van der Waals surface area contributed by atoms with Gasteiger partial charge in [0, 0.05) is 54.3 Å². The lowest BCUT2D eigenvalue weighted by atomic mass is 10.1. The molecular formula is C26H25FN4O2. The molecule has 0 bridgehead atoms. The van der Waals surface area contributed by atoms with Gasteiger partial charge in [-0.05, 0) is 43.5 Å². The zero-order chi connectivity index (χ0) is 22.9. The van der Waals surface area contributed by atoms with Crippen molar-refractivity contribution in [2.75, 3.05) is 20.3 Å². The number of likely N-dealkylation sites (tertiary alicyclic amines) is 1. The van der Waals surface area contributed by atoms with E-state index in [1.807, 2.05) is 40.8 Å². The molecule has 0 aliphatic carbocycles. The van der Waals surface area contributed by atoms with Gasteiger partial charge in [0.15, 0.2) is 0 Å². The average Bonchev–Trinajstić information content (AvgIpc) is 3.43. The minimum atomic E-state index is -0.312. The largest absolute Gasteiger partial charge is 0.383 e. The fourth-order valence-corrected chi connectivity index (χ4v) is 4.61. The van der Waals surface area contributed by atoms with Crippen molar-refractivity contribution in [3.8, 4) is 17.1 Å². The number of hydrogen-bond donors (Lipinski definition) is 0. The Morgan fingerprint density at radius 1 is 1.18 bits per heavy atom. The number of ether oxygens (including phenoxy) is 1. The molecule has 33 heavy (non-hydrogen) atoms. The Morgan fingerprint density at radius 2 is 1.97 bits per heavy atom. The molecule has 1 amide bonds. The van der Waals surface area contributed by atoms with E-state index >= 15 is 0 Å². The third-order valence-electron chi connectivity index (χ3n) is 6.29. The molecule has 2 aromatic heterocycles. The Bertz CT molecular complexity index is 1320. The van der Waals surface area contributed by atoms with Gasteiger partial charge in [-0.25, -0.2) is 14.4 Å². The Balaban J connectivity index is 1.50. The van der Waals surface area contributed by atoms with Crippen LogP contribution < -0.4 is 0 Å². The van der Waals surface area contributed by atoms with Gasteiger partial charge in [0.25, 0.3) is 5.91 Å². The Morgan fingerprint density at radius 3 is 2.73 bits per heavy atom. The molecule has 3 heterocycles. The molecule has 1 aliphatic heterocycles. The fraction of sp³-hybridized carbons (Fsp3) is 0.269. The zero-order valence-corrected chi connectivity index (χ0v) is 18.7. The van der Waals surface area contributed by atoms with Crippen molar-refractivity contribution in [1.82, 2.24) is 19.4 Å². The van der Waals surface area contributed by atoms with Crippen molar-refractivity contribution in [1.29, 1.82) is 0 Å². The molecular weight excluding hydrogens is 419 g/mol. The van der Waals surface area contributed by atoms with E-state index in [2.05, 4.69) is 9.97 Å². The van der Waals surface area contributed by atoms with Crippen LogP contribution in [0.1, 0.15) is 28.8 Å². The number of nitrogens with zero attached hydrogens (tertiary/aromatic N) is 4. The molecule has 5 rings (SSSR count). The summed E-state index contributed by atoms with van der Waals surface area (Å²) in [4.78, 5) is 24.1. The minimum Gasteiger partial charge on any atom is -0.383 e. The van der Waals surface area contributed by atoms with Crippen LogP contribution in [0.3, 0.4) is 0 Å². The highest BCUT2D eigenvalue weighted by Crippen LogP contribution is 2.28. The van der Waals surface area contributed by atoms with Gasteiger partial charge < -0.3 is 9.64 Å². The number of halogens is 1. The van der Waals surface area contributed by atoms with Crippen molar-refractivity contribution in [3.05, 3.63) is 78.0 Å². The summed E-state index contributed by atoms with van der Waals surface area (Å²) in [7, 11) is 1.67. The quantitative estimate of drug-likeness (QED) is 0.444. The van der Waals surface area contributed by atoms with Crippen LogP contribution in [-0.4, -0.2) is 51.6 Å². The van der Waals surface area contributed by atoms with E-state index in [9.17, 15) is 9.18 Å². The van der Waals surface area contributed by atoms with E-state index in [4.69, 9.17) is 4.74 Å². The number of aryl methyl sites for hydroxylation is 1. The van der Waals surface area contributed by atoms with E-state index < -0.39 is 0 Å². The maximum atomic E-state index is 14.1. The van der Waals surface area contributed by atoms with Gasteiger partial charge >= 0.3 is 0 Å². The first-order valence-electron chi connectivity index (χ1n) is 11.1. The molecule has 4 aromatic rings. The smallest absolute Gasteiger partial charge is 0.254 e. The van der Waals surface area contributed by atoms with Crippen molar-refractivity contribution >= 4 is 16.8 Å².